The van der Waals surface area contributed by atoms with Crippen LogP contribution in [0.4, 0.5) is 8.78 Å². The van der Waals surface area contributed by atoms with Gasteiger partial charge < -0.3 is 15.8 Å². The quantitative estimate of drug-likeness (QED) is 0.895. The fraction of sp³-hybridized carbons (Fsp3) is 0.667. The molecule has 2 atom stereocenters. The van der Waals surface area contributed by atoms with E-state index in [0.29, 0.717) is 12.2 Å². The molecule has 0 bridgehead atoms. The standard InChI is InChI=1S/C18H26F2N2O/c19-13-5-8-16(20)15(10-13)12-3-6-14(7-4-12)23-11-18-17(21)2-1-9-22-18/h5,8,10,12,14,17-18,22H,1-4,6-7,9,11,21H2/t12-,14+,17?,18-/m0/s1. The van der Waals surface area contributed by atoms with Crippen molar-refractivity contribution >= 4 is 0 Å². The third kappa shape index (κ3) is 4.28. The molecule has 0 aromatic heterocycles. The van der Waals surface area contributed by atoms with Gasteiger partial charge in [-0.1, -0.05) is 0 Å². The molecule has 3 nitrogen and oxygen atoms in total. The number of benzene rings is 1. The molecule has 2 fully saturated rings. The SMILES string of the molecule is NC1CCCN[C@H]1CO[C@H]1CC[C@@H](c2cc(F)ccc2F)CC1. The van der Waals surface area contributed by atoms with Crippen molar-refractivity contribution in [2.75, 3.05) is 13.2 Å². The lowest BCUT2D eigenvalue weighted by Gasteiger charge is -2.33. The number of hydrogen-bond donors (Lipinski definition) is 2. The smallest absolute Gasteiger partial charge is 0.126 e. The second-order valence-electron chi connectivity index (χ2n) is 6.84. The molecule has 1 saturated heterocycles. The van der Waals surface area contributed by atoms with Crippen molar-refractivity contribution in [1.82, 2.24) is 5.32 Å². The first-order valence-electron chi connectivity index (χ1n) is 8.69. The lowest BCUT2D eigenvalue weighted by atomic mass is 9.82. The van der Waals surface area contributed by atoms with Crippen molar-refractivity contribution in [2.24, 2.45) is 5.73 Å². The Morgan fingerprint density at radius 2 is 1.91 bits per heavy atom. The van der Waals surface area contributed by atoms with E-state index < -0.39 is 0 Å². The van der Waals surface area contributed by atoms with E-state index in [2.05, 4.69) is 5.32 Å². The Balaban J connectivity index is 1.47. The zero-order valence-corrected chi connectivity index (χ0v) is 13.4. The molecule has 3 N–H and O–H groups in total. The normalized spacial score (nSPS) is 32.0. The number of hydrogen-bond acceptors (Lipinski definition) is 3. The largest absolute Gasteiger partial charge is 0.377 e. The number of piperidine rings is 1. The lowest BCUT2D eigenvalue weighted by molar-refractivity contribution is 0.00601. The van der Waals surface area contributed by atoms with Gasteiger partial charge in [0.2, 0.25) is 0 Å². The molecule has 128 valence electrons. The van der Waals surface area contributed by atoms with E-state index >= 15 is 0 Å². The average Bonchev–Trinajstić information content (AvgIpc) is 2.57. The van der Waals surface area contributed by atoms with Crippen molar-refractivity contribution < 1.29 is 13.5 Å². The van der Waals surface area contributed by atoms with Gasteiger partial charge in [0.1, 0.15) is 11.6 Å². The van der Waals surface area contributed by atoms with Crippen LogP contribution in [0.2, 0.25) is 0 Å². The molecule has 3 rings (SSSR count). The van der Waals surface area contributed by atoms with Crippen LogP contribution in [0.5, 0.6) is 0 Å². The highest BCUT2D eigenvalue weighted by atomic mass is 19.1. The van der Waals surface area contributed by atoms with Gasteiger partial charge in [0.05, 0.1) is 12.7 Å². The van der Waals surface area contributed by atoms with Gasteiger partial charge in [-0.05, 0) is 74.8 Å². The maximum absolute atomic E-state index is 13.9. The predicted molar refractivity (Wildman–Crippen MR) is 86.3 cm³/mol. The van der Waals surface area contributed by atoms with Crippen LogP contribution in [0.25, 0.3) is 0 Å². The number of nitrogens with two attached hydrogens (primary N) is 1. The van der Waals surface area contributed by atoms with Gasteiger partial charge in [0.25, 0.3) is 0 Å². The van der Waals surface area contributed by atoms with Crippen LogP contribution < -0.4 is 11.1 Å². The molecule has 1 aromatic carbocycles. The first-order chi connectivity index (χ1) is 11.1. The molecule has 2 aliphatic rings. The van der Waals surface area contributed by atoms with Crippen LogP contribution in [0.15, 0.2) is 18.2 Å². The molecule has 1 unspecified atom stereocenters. The molecule has 1 aliphatic carbocycles. The highest BCUT2D eigenvalue weighted by Crippen LogP contribution is 2.35. The highest BCUT2D eigenvalue weighted by Gasteiger charge is 2.27. The van der Waals surface area contributed by atoms with Crippen LogP contribution >= 0.6 is 0 Å². The van der Waals surface area contributed by atoms with Gasteiger partial charge in [-0.3, -0.25) is 0 Å². The Kier molecular flexibility index (Phi) is 5.62. The molecule has 5 heteroatoms. The van der Waals surface area contributed by atoms with Gasteiger partial charge in [-0.25, -0.2) is 8.78 Å². The van der Waals surface area contributed by atoms with Crippen molar-refractivity contribution in [3.8, 4) is 0 Å². The van der Waals surface area contributed by atoms with Crippen molar-refractivity contribution in [3.05, 3.63) is 35.4 Å². The first kappa shape index (κ1) is 16.8. The van der Waals surface area contributed by atoms with Crippen LogP contribution in [-0.2, 0) is 4.74 Å². The molecule has 1 aliphatic heterocycles. The summed E-state index contributed by atoms with van der Waals surface area (Å²) in [6.07, 6.45) is 5.85. The topological polar surface area (TPSA) is 47.3 Å². The van der Waals surface area contributed by atoms with E-state index in [1.165, 1.54) is 18.2 Å². The molecule has 1 aromatic rings. The summed E-state index contributed by atoms with van der Waals surface area (Å²) in [5, 5.41) is 3.42. The molecular formula is C18H26F2N2O. The van der Waals surface area contributed by atoms with E-state index in [-0.39, 0.29) is 35.7 Å². The molecule has 0 spiro atoms. The molecule has 0 amide bonds. The summed E-state index contributed by atoms with van der Waals surface area (Å²) in [5.41, 5.74) is 6.62. The summed E-state index contributed by atoms with van der Waals surface area (Å²) in [6.45, 7) is 1.65. The van der Waals surface area contributed by atoms with E-state index in [1.807, 2.05) is 0 Å². The average molecular weight is 324 g/mol. The molecule has 0 radical (unpaired) electrons. The first-order valence-corrected chi connectivity index (χ1v) is 8.69. The van der Waals surface area contributed by atoms with Crippen LogP contribution in [0, 0.1) is 11.6 Å². The maximum atomic E-state index is 13.9. The van der Waals surface area contributed by atoms with Gasteiger partial charge in [-0.15, -0.1) is 0 Å². The van der Waals surface area contributed by atoms with E-state index in [4.69, 9.17) is 10.5 Å². The zero-order chi connectivity index (χ0) is 16.2. The second-order valence-corrected chi connectivity index (χ2v) is 6.84. The molecule has 1 heterocycles. The summed E-state index contributed by atoms with van der Waals surface area (Å²) in [5.74, 6) is -0.564. The van der Waals surface area contributed by atoms with Crippen LogP contribution in [-0.4, -0.2) is 31.3 Å². The van der Waals surface area contributed by atoms with Crippen molar-refractivity contribution in [2.45, 2.75) is 62.6 Å². The number of nitrogens with one attached hydrogen (secondary N) is 1. The summed E-state index contributed by atoms with van der Waals surface area (Å²) < 4.78 is 33.2. The van der Waals surface area contributed by atoms with Gasteiger partial charge >= 0.3 is 0 Å². The number of rotatable bonds is 4. The monoisotopic (exact) mass is 324 g/mol. The Hall–Kier alpha value is -1.04. The summed E-state index contributed by atoms with van der Waals surface area (Å²) in [4.78, 5) is 0. The van der Waals surface area contributed by atoms with Crippen molar-refractivity contribution in [3.63, 3.8) is 0 Å². The highest BCUT2D eigenvalue weighted by molar-refractivity contribution is 5.23. The van der Waals surface area contributed by atoms with E-state index in [1.54, 1.807) is 0 Å². The Morgan fingerprint density at radius 1 is 1.13 bits per heavy atom. The van der Waals surface area contributed by atoms with Crippen LogP contribution in [0.3, 0.4) is 0 Å². The minimum absolute atomic E-state index is 0.0978. The zero-order valence-electron chi connectivity index (χ0n) is 13.4. The third-order valence-electron chi connectivity index (χ3n) is 5.22. The van der Waals surface area contributed by atoms with E-state index in [0.717, 1.165) is 45.1 Å². The third-order valence-corrected chi connectivity index (χ3v) is 5.22. The molecule has 23 heavy (non-hydrogen) atoms. The molecule has 1 saturated carbocycles. The maximum Gasteiger partial charge on any atom is 0.126 e. The lowest BCUT2D eigenvalue weighted by Crippen LogP contribution is -2.52. The minimum Gasteiger partial charge on any atom is -0.377 e. The molecular weight excluding hydrogens is 298 g/mol. The van der Waals surface area contributed by atoms with Crippen LogP contribution in [0.1, 0.15) is 50.0 Å². The predicted octanol–water partition coefficient (Wildman–Crippen LogP) is 3.09. The van der Waals surface area contributed by atoms with Crippen molar-refractivity contribution in [1.29, 1.82) is 0 Å². The summed E-state index contributed by atoms with van der Waals surface area (Å²) in [7, 11) is 0. The van der Waals surface area contributed by atoms with Gasteiger partial charge in [0.15, 0.2) is 0 Å². The second kappa shape index (κ2) is 7.69. The summed E-state index contributed by atoms with van der Waals surface area (Å²) in [6, 6.07) is 4.15. The minimum atomic E-state index is -0.364. The summed E-state index contributed by atoms with van der Waals surface area (Å²) >= 11 is 0. The van der Waals surface area contributed by atoms with E-state index in [9.17, 15) is 8.78 Å². The van der Waals surface area contributed by atoms with Gasteiger partial charge in [-0.2, -0.15) is 0 Å². The fourth-order valence-corrected chi connectivity index (χ4v) is 3.77. The Labute approximate surface area is 136 Å². The number of ether oxygens (including phenoxy) is 1. The van der Waals surface area contributed by atoms with Gasteiger partial charge in [0, 0.05) is 12.1 Å². The fourth-order valence-electron chi connectivity index (χ4n) is 3.77. The Morgan fingerprint density at radius 3 is 2.65 bits per heavy atom. The number of halogens is 2. The Bertz CT molecular complexity index is 518.